The summed E-state index contributed by atoms with van der Waals surface area (Å²) in [5.41, 5.74) is 6.85. The van der Waals surface area contributed by atoms with Crippen LogP contribution in [0.1, 0.15) is 16.7 Å². The molecule has 0 unspecified atom stereocenters. The standard InChI is InChI=1S/C40H24Cl2N10O9S4.5Li.2O3S/c1-20-29(18-43)37(47-25-13-14-31(42)34(16-25)65(59,60)61)48-38(46-24-11-7-22(41)8-12-24)36(20)50-51-39-30(19-44)35(21-5-9-23(45)10-6-21)40(62-39)52-49-26-15-28-27(33(17-26)64(56,57)58)3-2-4-32(28)63(53,54)55;;;;;;2*1-4(2)3/h3-7,9-17H,45H2,1H3,(H2,46,47,48)(H,53,54,55)(H,56,57,58)(H,59,60,61);;;;;;;/q-2;5*+1;;/p-3. The van der Waals surface area contributed by atoms with Crippen molar-refractivity contribution in [2.45, 2.75) is 21.6 Å². The maximum atomic E-state index is 12.3. The van der Waals surface area contributed by atoms with Gasteiger partial charge in [0.15, 0.2) is 10.8 Å². The summed E-state index contributed by atoms with van der Waals surface area (Å²) in [7, 11) is -21.7. The molecule has 0 aliphatic carbocycles. The first-order chi connectivity index (χ1) is 34.1. The Balaban J connectivity index is 0.00000427. The third-order valence-corrected chi connectivity index (χ3v) is 13.3. The molecule has 0 aliphatic heterocycles. The van der Waals surface area contributed by atoms with Gasteiger partial charge in [-0.3, -0.25) is 8.42 Å². The molecular weight excluding hydrogens is 1160 g/mol. The second-order valence-electron chi connectivity index (χ2n) is 13.7. The normalized spacial score (nSPS) is 10.7. The summed E-state index contributed by atoms with van der Waals surface area (Å²) >= 11 is 12.8. The van der Waals surface area contributed by atoms with E-state index in [2.05, 4.69) is 54.3 Å². The van der Waals surface area contributed by atoms with Gasteiger partial charge >= 0.3 is 116 Å². The average Bonchev–Trinajstić information content (AvgIpc) is 3.65. The summed E-state index contributed by atoms with van der Waals surface area (Å²) in [6.45, 7) is 1.51. The Labute approximate surface area is 520 Å². The first kappa shape index (κ1) is 73.3. The minimum Gasteiger partial charge on any atom is -0.754 e. The van der Waals surface area contributed by atoms with Crippen molar-refractivity contribution in [3.63, 3.8) is 0 Å². The number of nitriles is 2. The zero-order valence-corrected chi connectivity index (χ0v) is 47.0. The van der Waals surface area contributed by atoms with Crippen molar-refractivity contribution in [2.75, 3.05) is 16.4 Å². The predicted molar refractivity (Wildman–Crippen MR) is 255 cm³/mol. The molecule has 0 atom stereocenters. The Morgan fingerprint density at radius 1 is 0.641 bits per heavy atom. The number of nitrogens with one attached hydrogen (secondary N) is 2. The number of thiophene rings is 1. The van der Waals surface area contributed by atoms with Gasteiger partial charge in [-0.1, -0.05) is 45.8 Å². The van der Waals surface area contributed by atoms with Gasteiger partial charge in [0, 0.05) is 27.4 Å². The van der Waals surface area contributed by atoms with E-state index in [4.69, 9.17) is 54.2 Å². The molecule has 0 saturated carbocycles. The number of pyridine rings is 1. The summed E-state index contributed by atoms with van der Waals surface area (Å²) in [6, 6.07) is 27.3. The fourth-order valence-corrected chi connectivity index (χ4v) is 9.51. The van der Waals surface area contributed by atoms with Crippen molar-refractivity contribution in [3.8, 4) is 23.3 Å². The van der Waals surface area contributed by atoms with Crippen LogP contribution >= 0.6 is 34.5 Å². The minimum absolute atomic E-state index is 0. The molecule has 376 valence electrons. The number of fused-ring (bicyclic) bond motifs is 1. The van der Waals surface area contributed by atoms with Gasteiger partial charge in [0.1, 0.15) is 54.4 Å². The molecule has 5 aromatic carbocycles. The number of hydrogen-bond acceptors (Lipinski definition) is 26. The molecule has 0 saturated heterocycles. The number of hydrogen-bond donors (Lipinski definition) is 3. The van der Waals surface area contributed by atoms with Crippen molar-refractivity contribution in [2.24, 2.45) is 20.5 Å². The number of nitrogen functional groups attached to an aromatic ring is 1. The number of benzene rings is 5. The zero-order valence-electron chi connectivity index (χ0n) is 40.6. The van der Waals surface area contributed by atoms with Gasteiger partial charge in [-0.15, -0.1) is 74.2 Å². The van der Waals surface area contributed by atoms with E-state index in [1.165, 1.54) is 43.3 Å². The molecule has 0 amide bonds. The topological polar surface area (TPSA) is 434 Å². The number of anilines is 5. The number of rotatable bonds is 12. The van der Waals surface area contributed by atoms with E-state index < -0.39 is 77.0 Å². The molecule has 0 bridgehead atoms. The summed E-state index contributed by atoms with van der Waals surface area (Å²) in [5, 5.41) is 43.0. The number of nitrogens with two attached hydrogens (primary N) is 1. The van der Waals surface area contributed by atoms with Gasteiger partial charge in [-0.25, -0.2) is 21.8 Å². The largest absolute Gasteiger partial charge is 1.00 e. The Bertz CT molecular complexity index is 4080. The van der Waals surface area contributed by atoms with Crippen LogP contribution in [0.4, 0.5) is 50.1 Å². The Hall–Kier alpha value is -4.67. The molecule has 4 N–H and O–H groups in total. The summed E-state index contributed by atoms with van der Waals surface area (Å²) < 4.78 is 160. The van der Waals surface area contributed by atoms with Gasteiger partial charge in [-0.2, -0.15) is 46.9 Å². The van der Waals surface area contributed by atoms with Crippen molar-refractivity contribution in [3.05, 3.63) is 124 Å². The molecule has 78 heavy (non-hydrogen) atoms. The monoisotopic (exact) mass is 1180 g/mol. The molecule has 7 rings (SSSR count). The fourth-order valence-electron chi connectivity index (χ4n) is 6.14. The molecule has 0 fully saturated rings. The predicted octanol–water partition coefficient (Wildman–Crippen LogP) is -7.45. The molecule has 2 heterocycles. The fraction of sp³-hybridized carbons (Fsp3) is 0.0250. The van der Waals surface area contributed by atoms with Crippen molar-refractivity contribution < 1.29 is 158 Å². The average molecular weight is 1180 g/mol. The SMILES string of the molecule is Cc1c(C#N)c(Nc2ccc(Cl)c(S(=O)(=O)[O-])c2)nc(Nc2c[c-]c(Cl)cc2)c1N=Nc1sc(N=Nc2cc(S(=O)(=O)[O-])c3c[c-]cc(S(=O)(=O)[O-])c3c2)c(-c2ccc(N)cc2)c1C#N.O=S(=O)=O.O=S(=O)=O.[Li+].[Li+].[Li+].[Li+].[Li+]. The molecule has 7 aromatic rings. The number of azo groups is 2. The summed E-state index contributed by atoms with van der Waals surface area (Å²) in [6.07, 6.45) is 0. The van der Waals surface area contributed by atoms with Gasteiger partial charge < -0.3 is 30.0 Å². The molecular formula is C40H21Cl2Li5N10O15S6. The smallest absolute Gasteiger partial charge is 0.754 e. The van der Waals surface area contributed by atoms with Crippen LogP contribution in [0.2, 0.25) is 10.0 Å². The molecule has 2 aromatic heterocycles. The van der Waals surface area contributed by atoms with E-state index in [1.54, 1.807) is 18.2 Å². The van der Waals surface area contributed by atoms with Crippen LogP contribution < -0.4 is 111 Å². The van der Waals surface area contributed by atoms with Crippen LogP contribution in [0, 0.1) is 41.7 Å². The van der Waals surface area contributed by atoms with E-state index in [0.29, 0.717) is 16.9 Å². The van der Waals surface area contributed by atoms with E-state index in [0.717, 1.165) is 41.7 Å². The maximum Gasteiger partial charge on any atom is 1.00 e. The zero-order chi connectivity index (χ0) is 54.2. The second-order valence-corrected chi connectivity index (χ2v) is 20.3. The molecule has 0 aliphatic rings. The van der Waals surface area contributed by atoms with Crippen molar-refractivity contribution >= 4 is 147 Å². The van der Waals surface area contributed by atoms with Gasteiger partial charge in [0.2, 0.25) is 0 Å². The molecule has 0 radical (unpaired) electrons. The minimum atomic E-state index is -5.28. The third-order valence-electron chi connectivity index (χ3n) is 9.08. The number of nitrogens with zero attached hydrogens (tertiary/aromatic N) is 7. The van der Waals surface area contributed by atoms with E-state index in [-0.39, 0.29) is 165 Å². The number of aromatic nitrogens is 1. The first-order valence-corrected chi connectivity index (χ1v) is 26.5. The van der Waals surface area contributed by atoms with E-state index in [9.17, 15) is 49.4 Å². The Kier molecular flexibility index (Phi) is 29.5. The van der Waals surface area contributed by atoms with Gasteiger partial charge in [-0.05, 0) is 59.8 Å². The third kappa shape index (κ3) is 19.6. The van der Waals surface area contributed by atoms with Crippen LogP contribution in [0.3, 0.4) is 0 Å². The second kappa shape index (κ2) is 31.4. The van der Waals surface area contributed by atoms with Crippen molar-refractivity contribution in [1.82, 2.24) is 4.98 Å². The quantitative estimate of drug-likeness (QED) is 0.0336. The molecule has 38 heteroatoms. The van der Waals surface area contributed by atoms with Crippen molar-refractivity contribution in [1.29, 1.82) is 10.5 Å². The summed E-state index contributed by atoms with van der Waals surface area (Å²) in [4.78, 5) is 2.07. The maximum absolute atomic E-state index is 12.3. The Morgan fingerprint density at radius 2 is 1.18 bits per heavy atom. The summed E-state index contributed by atoms with van der Waals surface area (Å²) in [5.74, 6) is -0.136. The number of halogens is 2. The molecule has 25 nitrogen and oxygen atoms in total. The van der Waals surface area contributed by atoms with E-state index in [1.807, 2.05) is 6.07 Å². The van der Waals surface area contributed by atoms with Crippen LogP contribution in [-0.4, -0.2) is 69.1 Å². The van der Waals surface area contributed by atoms with Crippen LogP contribution in [0.5, 0.6) is 0 Å². The Morgan fingerprint density at radius 3 is 1.71 bits per heavy atom. The van der Waals surface area contributed by atoms with Gasteiger partial charge in [0.05, 0.1) is 31.3 Å². The van der Waals surface area contributed by atoms with E-state index >= 15 is 0 Å². The van der Waals surface area contributed by atoms with Crippen LogP contribution in [-0.2, 0) is 51.6 Å². The van der Waals surface area contributed by atoms with Crippen LogP contribution in [0.25, 0.3) is 21.9 Å². The molecule has 0 spiro atoms. The first-order valence-electron chi connectivity index (χ1n) is 18.7. The van der Waals surface area contributed by atoms with Gasteiger partial charge in [0.25, 0.3) is 0 Å². The van der Waals surface area contributed by atoms with Crippen LogP contribution in [0.15, 0.2) is 120 Å².